The summed E-state index contributed by atoms with van der Waals surface area (Å²) < 4.78 is 10.9. The van der Waals surface area contributed by atoms with Crippen LogP contribution in [0, 0.1) is 19.3 Å². The minimum Gasteiger partial charge on any atom is -0.444 e. The SMILES string of the molecule is Cc1nc(CNCC2(C)CCOCC2)oc1C. The van der Waals surface area contributed by atoms with E-state index in [-0.39, 0.29) is 0 Å². The van der Waals surface area contributed by atoms with Gasteiger partial charge in [-0.3, -0.25) is 0 Å². The van der Waals surface area contributed by atoms with Gasteiger partial charge in [-0.1, -0.05) is 6.92 Å². The first-order valence-electron chi connectivity index (χ1n) is 6.30. The van der Waals surface area contributed by atoms with Crippen LogP contribution >= 0.6 is 0 Å². The van der Waals surface area contributed by atoms with Crippen molar-refractivity contribution in [3.8, 4) is 0 Å². The summed E-state index contributed by atoms with van der Waals surface area (Å²) in [6, 6.07) is 0. The molecule has 2 heterocycles. The molecule has 0 unspecified atom stereocenters. The van der Waals surface area contributed by atoms with Crippen LogP contribution in [0.4, 0.5) is 0 Å². The van der Waals surface area contributed by atoms with Gasteiger partial charge in [-0.05, 0) is 32.1 Å². The van der Waals surface area contributed by atoms with Crippen molar-refractivity contribution in [2.75, 3.05) is 19.8 Å². The molecule has 0 aliphatic carbocycles. The lowest BCUT2D eigenvalue weighted by Gasteiger charge is -2.33. The molecule has 1 aliphatic rings. The van der Waals surface area contributed by atoms with Crippen LogP contribution in [-0.4, -0.2) is 24.7 Å². The van der Waals surface area contributed by atoms with E-state index < -0.39 is 0 Å². The molecule has 0 saturated carbocycles. The van der Waals surface area contributed by atoms with Crippen LogP contribution in [0.5, 0.6) is 0 Å². The van der Waals surface area contributed by atoms with Crippen LogP contribution in [-0.2, 0) is 11.3 Å². The highest BCUT2D eigenvalue weighted by molar-refractivity contribution is 5.05. The molecule has 1 aliphatic heterocycles. The second-order valence-corrected chi connectivity index (χ2v) is 5.28. The molecule has 96 valence electrons. The molecule has 0 atom stereocenters. The third kappa shape index (κ3) is 3.30. The molecule has 17 heavy (non-hydrogen) atoms. The van der Waals surface area contributed by atoms with Gasteiger partial charge in [-0.25, -0.2) is 4.98 Å². The lowest BCUT2D eigenvalue weighted by Crippen LogP contribution is -2.36. The van der Waals surface area contributed by atoms with E-state index in [2.05, 4.69) is 17.2 Å². The molecule has 0 spiro atoms. The Morgan fingerprint density at radius 1 is 1.29 bits per heavy atom. The maximum Gasteiger partial charge on any atom is 0.208 e. The van der Waals surface area contributed by atoms with Gasteiger partial charge in [0.1, 0.15) is 5.76 Å². The molecule has 1 aromatic rings. The van der Waals surface area contributed by atoms with E-state index in [1.807, 2.05) is 13.8 Å². The molecule has 0 amide bonds. The van der Waals surface area contributed by atoms with Gasteiger partial charge < -0.3 is 14.5 Å². The van der Waals surface area contributed by atoms with E-state index in [1.54, 1.807) is 0 Å². The Bertz CT molecular complexity index is 348. The van der Waals surface area contributed by atoms with E-state index in [4.69, 9.17) is 9.15 Å². The summed E-state index contributed by atoms with van der Waals surface area (Å²) in [5.74, 6) is 1.70. The maximum atomic E-state index is 5.54. The quantitative estimate of drug-likeness (QED) is 0.873. The van der Waals surface area contributed by atoms with Crippen molar-refractivity contribution in [3.05, 3.63) is 17.3 Å². The molecule has 1 fully saturated rings. The second kappa shape index (κ2) is 5.19. The predicted molar refractivity (Wildman–Crippen MR) is 65.8 cm³/mol. The molecular weight excluding hydrogens is 216 g/mol. The molecule has 1 N–H and O–H groups in total. The van der Waals surface area contributed by atoms with Crippen molar-refractivity contribution >= 4 is 0 Å². The number of aryl methyl sites for hydroxylation is 2. The molecule has 1 aromatic heterocycles. The summed E-state index contributed by atoms with van der Waals surface area (Å²) >= 11 is 0. The fraction of sp³-hybridized carbons (Fsp3) is 0.769. The van der Waals surface area contributed by atoms with Crippen molar-refractivity contribution in [2.24, 2.45) is 5.41 Å². The zero-order chi connectivity index (χ0) is 12.3. The Hall–Kier alpha value is -0.870. The van der Waals surface area contributed by atoms with Crippen LogP contribution in [0.1, 0.15) is 37.1 Å². The second-order valence-electron chi connectivity index (χ2n) is 5.28. The van der Waals surface area contributed by atoms with E-state index in [0.29, 0.717) is 12.0 Å². The van der Waals surface area contributed by atoms with Crippen LogP contribution in [0.2, 0.25) is 0 Å². The van der Waals surface area contributed by atoms with Crippen LogP contribution in [0.3, 0.4) is 0 Å². The Balaban J connectivity index is 1.78. The number of hydrogen-bond acceptors (Lipinski definition) is 4. The largest absolute Gasteiger partial charge is 0.444 e. The standard InChI is InChI=1S/C13H22N2O2/c1-10-11(2)17-12(15-10)8-14-9-13(3)4-6-16-7-5-13/h14H,4-9H2,1-3H3. The first-order chi connectivity index (χ1) is 8.09. The third-order valence-corrected chi connectivity index (χ3v) is 3.60. The van der Waals surface area contributed by atoms with E-state index in [1.165, 1.54) is 0 Å². The van der Waals surface area contributed by atoms with Gasteiger partial charge in [-0.15, -0.1) is 0 Å². The zero-order valence-electron chi connectivity index (χ0n) is 11.0. The van der Waals surface area contributed by atoms with E-state index >= 15 is 0 Å². The molecule has 0 aromatic carbocycles. The minimum absolute atomic E-state index is 0.356. The highest BCUT2D eigenvalue weighted by Gasteiger charge is 2.26. The van der Waals surface area contributed by atoms with E-state index in [0.717, 1.165) is 49.9 Å². The lowest BCUT2D eigenvalue weighted by atomic mass is 9.82. The summed E-state index contributed by atoms with van der Waals surface area (Å²) in [5, 5.41) is 3.44. The molecule has 4 nitrogen and oxygen atoms in total. The van der Waals surface area contributed by atoms with Gasteiger partial charge in [0.15, 0.2) is 0 Å². The average Bonchev–Trinajstić information content (AvgIpc) is 2.59. The van der Waals surface area contributed by atoms with Gasteiger partial charge in [0, 0.05) is 19.8 Å². The molecule has 0 radical (unpaired) electrons. The Kier molecular flexibility index (Phi) is 3.84. The van der Waals surface area contributed by atoms with Crippen molar-refractivity contribution in [1.29, 1.82) is 0 Å². The molecule has 0 bridgehead atoms. The predicted octanol–water partition coefficient (Wildman–Crippen LogP) is 2.20. The number of ether oxygens (including phenoxy) is 1. The molecular formula is C13H22N2O2. The van der Waals surface area contributed by atoms with Gasteiger partial charge in [-0.2, -0.15) is 0 Å². The number of oxazole rings is 1. The number of hydrogen-bond donors (Lipinski definition) is 1. The zero-order valence-corrected chi connectivity index (χ0v) is 11.0. The van der Waals surface area contributed by atoms with Crippen LogP contribution in [0.15, 0.2) is 4.42 Å². The Morgan fingerprint density at radius 2 is 2.00 bits per heavy atom. The number of nitrogens with zero attached hydrogens (tertiary/aromatic N) is 1. The number of aromatic nitrogens is 1. The van der Waals surface area contributed by atoms with Crippen molar-refractivity contribution < 1.29 is 9.15 Å². The molecule has 4 heteroatoms. The van der Waals surface area contributed by atoms with E-state index in [9.17, 15) is 0 Å². The van der Waals surface area contributed by atoms with Gasteiger partial charge in [0.2, 0.25) is 5.89 Å². The lowest BCUT2D eigenvalue weighted by molar-refractivity contribution is 0.0238. The van der Waals surface area contributed by atoms with Crippen molar-refractivity contribution in [1.82, 2.24) is 10.3 Å². The third-order valence-electron chi connectivity index (χ3n) is 3.60. The summed E-state index contributed by atoms with van der Waals surface area (Å²) in [6.45, 7) is 9.72. The normalized spacial score (nSPS) is 19.5. The number of rotatable bonds is 4. The first-order valence-corrected chi connectivity index (χ1v) is 6.30. The van der Waals surface area contributed by atoms with Crippen LogP contribution in [0.25, 0.3) is 0 Å². The van der Waals surface area contributed by atoms with Gasteiger partial charge in [0.05, 0.1) is 12.2 Å². The summed E-state index contributed by atoms with van der Waals surface area (Å²) in [5.41, 5.74) is 1.34. The van der Waals surface area contributed by atoms with Crippen molar-refractivity contribution in [3.63, 3.8) is 0 Å². The van der Waals surface area contributed by atoms with Gasteiger partial charge in [0.25, 0.3) is 0 Å². The monoisotopic (exact) mass is 238 g/mol. The van der Waals surface area contributed by atoms with Gasteiger partial charge >= 0.3 is 0 Å². The maximum absolute atomic E-state index is 5.54. The fourth-order valence-electron chi connectivity index (χ4n) is 2.13. The average molecular weight is 238 g/mol. The Morgan fingerprint density at radius 3 is 2.59 bits per heavy atom. The summed E-state index contributed by atoms with van der Waals surface area (Å²) in [7, 11) is 0. The highest BCUT2D eigenvalue weighted by atomic mass is 16.5. The topological polar surface area (TPSA) is 47.3 Å². The Labute approximate surface area is 103 Å². The smallest absolute Gasteiger partial charge is 0.208 e. The number of nitrogens with one attached hydrogen (secondary N) is 1. The first kappa shape index (κ1) is 12.6. The highest BCUT2D eigenvalue weighted by Crippen LogP contribution is 2.28. The van der Waals surface area contributed by atoms with Crippen molar-refractivity contribution in [2.45, 2.75) is 40.2 Å². The summed E-state index contributed by atoms with van der Waals surface area (Å²) in [6.07, 6.45) is 2.26. The molecule has 2 rings (SSSR count). The molecule has 1 saturated heterocycles. The minimum atomic E-state index is 0.356. The summed E-state index contributed by atoms with van der Waals surface area (Å²) in [4.78, 5) is 4.36. The fourth-order valence-corrected chi connectivity index (χ4v) is 2.13. The van der Waals surface area contributed by atoms with Crippen LogP contribution < -0.4 is 5.32 Å².